The van der Waals surface area contributed by atoms with Crippen LogP contribution in [0.2, 0.25) is 0 Å². The van der Waals surface area contributed by atoms with Crippen LogP contribution in [0.15, 0.2) is 60.7 Å². The maximum Gasteiger partial charge on any atom is 0.213 e. The number of hydrogen-bond donors (Lipinski definition) is 0. The number of anilines is 1. The molecule has 0 N–H and O–H groups in total. The predicted octanol–water partition coefficient (Wildman–Crippen LogP) is 5.74. The van der Waals surface area contributed by atoms with Gasteiger partial charge in [-0.05, 0) is 62.7 Å². The van der Waals surface area contributed by atoms with Crippen molar-refractivity contribution in [3.05, 3.63) is 71.8 Å². The van der Waals surface area contributed by atoms with Crippen LogP contribution >= 0.6 is 0 Å². The summed E-state index contributed by atoms with van der Waals surface area (Å²) in [5, 5.41) is 0. The van der Waals surface area contributed by atoms with Crippen molar-refractivity contribution in [3.63, 3.8) is 0 Å². The van der Waals surface area contributed by atoms with E-state index in [1.54, 1.807) is 7.11 Å². The van der Waals surface area contributed by atoms with Gasteiger partial charge in [-0.1, -0.05) is 36.8 Å². The third-order valence-electron chi connectivity index (χ3n) is 6.48. The molecule has 1 saturated heterocycles. The molecule has 0 amide bonds. The van der Waals surface area contributed by atoms with Gasteiger partial charge in [0, 0.05) is 37.3 Å². The highest BCUT2D eigenvalue weighted by molar-refractivity contribution is 5.76. The summed E-state index contributed by atoms with van der Waals surface area (Å²) < 4.78 is 11.1. The first-order valence-corrected chi connectivity index (χ1v) is 12.0. The molecule has 2 heterocycles. The van der Waals surface area contributed by atoms with Crippen LogP contribution in [0.1, 0.15) is 37.4 Å². The van der Waals surface area contributed by atoms with Gasteiger partial charge < -0.3 is 14.4 Å². The number of aryl methyl sites for hydroxylation is 1. The molecule has 4 rings (SSSR count). The molecule has 0 aliphatic carbocycles. The topological polar surface area (TPSA) is 37.8 Å². The summed E-state index contributed by atoms with van der Waals surface area (Å²) in [5.74, 6) is 1.50. The largest absolute Gasteiger partial charge is 0.494 e. The van der Waals surface area contributed by atoms with E-state index in [1.807, 2.05) is 25.1 Å². The maximum absolute atomic E-state index is 5.63. The van der Waals surface area contributed by atoms with Crippen molar-refractivity contribution in [1.29, 1.82) is 0 Å². The molecule has 0 bridgehead atoms. The Labute approximate surface area is 198 Å². The molecule has 2 aromatic carbocycles. The van der Waals surface area contributed by atoms with E-state index < -0.39 is 0 Å². The van der Waals surface area contributed by atoms with Crippen LogP contribution < -0.4 is 14.4 Å². The summed E-state index contributed by atoms with van der Waals surface area (Å²) in [6, 6.07) is 21.8. The average molecular weight is 446 g/mol. The normalized spacial score (nSPS) is 17.0. The number of likely N-dealkylation sites (N-methyl/N-ethyl adjacent to an activating group) is 1. The summed E-state index contributed by atoms with van der Waals surface area (Å²) in [5.41, 5.74) is 5.89. The van der Waals surface area contributed by atoms with E-state index >= 15 is 0 Å². The van der Waals surface area contributed by atoms with Crippen LogP contribution in [0.4, 0.5) is 5.69 Å². The zero-order chi connectivity index (χ0) is 23.2. The number of ether oxygens (including phenoxy) is 2. The Morgan fingerprint density at radius 1 is 0.909 bits per heavy atom. The SMILES string of the molecule is CCOc1ccc(-c2nc(OC)ccc2N2CCC(c3ccc(C)cc3)N(CC)CC2)cc1. The van der Waals surface area contributed by atoms with E-state index in [-0.39, 0.29) is 0 Å². The predicted molar refractivity (Wildman–Crippen MR) is 135 cm³/mol. The minimum atomic E-state index is 0.431. The van der Waals surface area contributed by atoms with Gasteiger partial charge in [0.1, 0.15) is 5.75 Å². The molecular formula is C28H35N3O2. The zero-order valence-electron chi connectivity index (χ0n) is 20.3. The van der Waals surface area contributed by atoms with Crippen molar-refractivity contribution >= 4 is 5.69 Å². The second kappa shape index (κ2) is 10.7. The summed E-state index contributed by atoms with van der Waals surface area (Å²) >= 11 is 0. The van der Waals surface area contributed by atoms with E-state index in [0.29, 0.717) is 18.5 Å². The lowest BCUT2D eigenvalue weighted by atomic mass is 10.0. The highest BCUT2D eigenvalue weighted by Gasteiger charge is 2.26. The van der Waals surface area contributed by atoms with Gasteiger partial charge in [0.05, 0.1) is 25.1 Å². The Morgan fingerprint density at radius 3 is 2.33 bits per heavy atom. The van der Waals surface area contributed by atoms with Crippen molar-refractivity contribution in [2.75, 3.05) is 44.8 Å². The smallest absolute Gasteiger partial charge is 0.213 e. The van der Waals surface area contributed by atoms with Gasteiger partial charge in [-0.15, -0.1) is 0 Å². The Balaban J connectivity index is 1.63. The fourth-order valence-corrected chi connectivity index (χ4v) is 4.65. The van der Waals surface area contributed by atoms with Gasteiger partial charge >= 0.3 is 0 Å². The van der Waals surface area contributed by atoms with Crippen LogP contribution in [0, 0.1) is 6.92 Å². The molecule has 33 heavy (non-hydrogen) atoms. The minimum Gasteiger partial charge on any atom is -0.494 e. The standard InChI is InChI=1S/C28H35N3O2/c1-5-30-19-20-31(18-17-25(30)22-9-7-21(3)8-10-22)26-15-16-27(32-4)29-28(26)23-11-13-24(14-12-23)33-6-2/h7-16,25H,5-6,17-20H2,1-4H3. The first-order chi connectivity index (χ1) is 16.1. The third-order valence-corrected chi connectivity index (χ3v) is 6.48. The molecule has 174 valence electrons. The highest BCUT2D eigenvalue weighted by atomic mass is 16.5. The second-order valence-electron chi connectivity index (χ2n) is 8.51. The van der Waals surface area contributed by atoms with Crippen molar-refractivity contribution in [2.24, 2.45) is 0 Å². The van der Waals surface area contributed by atoms with Gasteiger partial charge in [-0.3, -0.25) is 4.90 Å². The van der Waals surface area contributed by atoms with Gasteiger partial charge in [-0.2, -0.15) is 0 Å². The lowest BCUT2D eigenvalue weighted by molar-refractivity contribution is 0.219. The van der Waals surface area contributed by atoms with E-state index in [0.717, 1.165) is 55.3 Å². The second-order valence-corrected chi connectivity index (χ2v) is 8.51. The molecule has 1 unspecified atom stereocenters. The van der Waals surface area contributed by atoms with E-state index in [4.69, 9.17) is 14.5 Å². The van der Waals surface area contributed by atoms with Crippen LogP contribution in [0.5, 0.6) is 11.6 Å². The Morgan fingerprint density at radius 2 is 1.67 bits per heavy atom. The quantitative estimate of drug-likeness (QED) is 0.464. The van der Waals surface area contributed by atoms with Gasteiger partial charge in [0.25, 0.3) is 0 Å². The molecule has 5 heteroatoms. The number of benzene rings is 2. The van der Waals surface area contributed by atoms with Crippen molar-refractivity contribution < 1.29 is 9.47 Å². The van der Waals surface area contributed by atoms with Crippen molar-refractivity contribution in [3.8, 4) is 22.9 Å². The van der Waals surface area contributed by atoms with Gasteiger partial charge in [0.15, 0.2) is 0 Å². The first kappa shape index (κ1) is 23.1. The lowest BCUT2D eigenvalue weighted by Gasteiger charge is -2.28. The fourth-order valence-electron chi connectivity index (χ4n) is 4.65. The molecule has 1 fully saturated rings. The number of nitrogens with zero attached hydrogens (tertiary/aromatic N) is 3. The number of rotatable bonds is 7. The highest BCUT2D eigenvalue weighted by Crippen LogP contribution is 2.35. The van der Waals surface area contributed by atoms with E-state index in [2.05, 4.69) is 66.1 Å². The molecule has 1 aliphatic rings. The van der Waals surface area contributed by atoms with Crippen LogP contribution in [-0.4, -0.2) is 49.8 Å². The Bertz CT molecular complexity index is 1030. The zero-order valence-corrected chi connectivity index (χ0v) is 20.3. The number of aromatic nitrogens is 1. The summed E-state index contributed by atoms with van der Waals surface area (Å²) in [6.45, 7) is 11.1. The summed E-state index contributed by atoms with van der Waals surface area (Å²) in [7, 11) is 1.67. The summed E-state index contributed by atoms with van der Waals surface area (Å²) in [4.78, 5) is 9.93. The van der Waals surface area contributed by atoms with E-state index in [9.17, 15) is 0 Å². The molecular weight excluding hydrogens is 410 g/mol. The van der Waals surface area contributed by atoms with Gasteiger partial charge in [-0.25, -0.2) is 4.98 Å². The molecule has 0 saturated carbocycles. The number of pyridine rings is 1. The number of hydrogen-bond acceptors (Lipinski definition) is 5. The fraction of sp³-hybridized carbons (Fsp3) is 0.393. The molecule has 5 nitrogen and oxygen atoms in total. The van der Waals surface area contributed by atoms with Crippen LogP contribution in [0.25, 0.3) is 11.3 Å². The molecule has 0 spiro atoms. The Hall–Kier alpha value is -3.05. The Kier molecular flexibility index (Phi) is 7.50. The van der Waals surface area contributed by atoms with Crippen molar-refractivity contribution in [1.82, 2.24) is 9.88 Å². The average Bonchev–Trinajstić information content (AvgIpc) is 3.07. The van der Waals surface area contributed by atoms with Crippen LogP contribution in [0.3, 0.4) is 0 Å². The molecule has 1 aliphatic heterocycles. The monoisotopic (exact) mass is 445 g/mol. The third kappa shape index (κ3) is 5.31. The van der Waals surface area contributed by atoms with Crippen LogP contribution in [-0.2, 0) is 0 Å². The first-order valence-electron chi connectivity index (χ1n) is 12.0. The lowest BCUT2D eigenvalue weighted by Crippen LogP contribution is -2.32. The maximum atomic E-state index is 5.63. The molecule has 0 radical (unpaired) electrons. The summed E-state index contributed by atoms with van der Waals surface area (Å²) in [6.07, 6.45) is 1.08. The van der Waals surface area contributed by atoms with Gasteiger partial charge in [0.2, 0.25) is 5.88 Å². The number of methoxy groups -OCH3 is 1. The molecule has 1 atom stereocenters. The minimum absolute atomic E-state index is 0.431. The van der Waals surface area contributed by atoms with Crippen molar-refractivity contribution in [2.45, 2.75) is 33.2 Å². The van der Waals surface area contributed by atoms with E-state index in [1.165, 1.54) is 11.1 Å². The molecule has 1 aromatic heterocycles. The molecule has 3 aromatic rings.